The second-order valence-electron chi connectivity index (χ2n) is 3.11. The number of hydrazine groups is 1. The summed E-state index contributed by atoms with van der Waals surface area (Å²) in [6.45, 7) is 0. The molecule has 0 saturated heterocycles. The number of hydrogen-bond donors (Lipinski definition) is 2. The molecule has 4 nitrogen and oxygen atoms in total. The highest BCUT2D eigenvalue weighted by atomic mass is 16.3. The van der Waals surface area contributed by atoms with E-state index in [-0.39, 0.29) is 17.9 Å². The third kappa shape index (κ3) is 1.91. The van der Waals surface area contributed by atoms with Gasteiger partial charge in [-0.2, -0.15) is 0 Å². The van der Waals surface area contributed by atoms with Gasteiger partial charge in [0, 0.05) is 13.0 Å². The van der Waals surface area contributed by atoms with Crippen LogP contribution >= 0.6 is 0 Å². The molecule has 0 bridgehead atoms. The number of carbonyl (C=O) groups is 1. The number of rotatable bonds is 1. The summed E-state index contributed by atoms with van der Waals surface area (Å²) in [4.78, 5) is 11.2. The van der Waals surface area contributed by atoms with Crippen LogP contribution in [0.3, 0.4) is 0 Å². The minimum atomic E-state index is -0.302. The number of nitrogens with two attached hydrogens (primary N) is 1. The lowest BCUT2D eigenvalue weighted by atomic mass is 10.1. The van der Waals surface area contributed by atoms with Gasteiger partial charge in [0.25, 0.3) is 0 Å². The third-order valence-electron chi connectivity index (χ3n) is 2.10. The lowest BCUT2D eigenvalue weighted by Gasteiger charge is -2.14. The quantitative estimate of drug-likeness (QED) is 0.306. The van der Waals surface area contributed by atoms with E-state index < -0.39 is 0 Å². The lowest BCUT2D eigenvalue weighted by molar-refractivity contribution is -0.134. The smallest absolute Gasteiger partial charge is 0.239 e. The Bertz CT molecular complexity index is 159. The van der Waals surface area contributed by atoms with Crippen molar-refractivity contribution in [3.05, 3.63) is 0 Å². The summed E-state index contributed by atoms with van der Waals surface area (Å²) < 4.78 is 0. The monoisotopic (exact) mass is 158 g/mol. The number of nitrogens with zero attached hydrogens (tertiary/aromatic N) is 1. The molecule has 1 rings (SSSR count). The molecule has 64 valence electrons. The molecule has 0 radical (unpaired) electrons. The molecule has 1 aliphatic carbocycles. The number of carbonyl (C=O) groups excluding carboxylic acids is 1. The van der Waals surface area contributed by atoms with E-state index in [1.54, 1.807) is 0 Å². The summed E-state index contributed by atoms with van der Waals surface area (Å²) >= 11 is 0. The van der Waals surface area contributed by atoms with Crippen molar-refractivity contribution in [1.82, 2.24) is 5.01 Å². The fourth-order valence-corrected chi connectivity index (χ4v) is 1.47. The third-order valence-corrected chi connectivity index (χ3v) is 2.10. The van der Waals surface area contributed by atoms with E-state index in [1.807, 2.05) is 0 Å². The Balaban J connectivity index is 2.43. The van der Waals surface area contributed by atoms with Crippen LogP contribution < -0.4 is 5.84 Å². The molecule has 1 aliphatic rings. The average molecular weight is 158 g/mol. The Labute approximate surface area is 65.9 Å². The molecule has 0 aliphatic heterocycles. The van der Waals surface area contributed by atoms with Gasteiger partial charge in [0.15, 0.2) is 0 Å². The minimum absolute atomic E-state index is 0.0556. The molecular formula is C7H14N2O2. The number of amides is 1. The molecule has 0 spiro atoms. The fraction of sp³-hybridized carbons (Fsp3) is 0.857. The second-order valence-corrected chi connectivity index (χ2v) is 3.11. The van der Waals surface area contributed by atoms with E-state index in [4.69, 9.17) is 10.9 Å². The molecule has 1 saturated carbocycles. The highest BCUT2D eigenvalue weighted by molar-refractivity contribution is 5.78. The molecule has 4 heteroatoms. The van der Waals surface area contributed by atoms with E-state index in [1.165, 1.54) is 7.05 Å². The SMILES string of the molecule is CN(N)C(=O)C1CCC(O)C1. The Hall–Kier alpha value is -0.610. The standard InChI is InChI=1S/C7H14N2O2/c1-9(8)7(11)5-2-3-6(10)4-5/h5-6,10H,2-4,8H2,1H3. The molecule has 0 aromatic heterocycles. The first-order valence-corrected chi connectivity index (χ1v) is 3.81. The van der Waals surface area contributed by atoms with Gasteiger partial charge in [0.05, 0.1) is 6.10 Å². The maximum atomic E-state index is 11.2. The molecule has 0 heterocycles. The summed E-state index contributed by atoms with van der Waals surface area (Å²) in [6.07, 6.45) is 1.76. The summed E-state index contributed by atoms with van der Waals surface area (Å²) in [5.41, 5.74) is 0. The maximum absolute atomic E-state index is 11.2. The van der Waals surface area contributed by atoms with E-state index in [0.29, 0.717) is 6.42 Å². The van der Waals surface area contributed by atoms with Crippen molar-refractivity contribution in [2.75, 3.05) is 7.05 Å². The highest BCUT2D eigenvalue weighted by Crippen LogP contribution is 2.26. The van der Waals surface area contributed by atoms with E-state index in [0.717, 1.165) is 17.9 Å². The van der Waals surface area contributed by atoms with Crippen molar-refractivity contribution in [3.63, 3.8) is 0 Å². The Morgan fingerprint density at radius 1 is 1.64 bits per heavy atom. The zero-order chi connectivity index (χ0) is 8.43. The average Bonchev–Trinajstić information content (AvgIpc) is 2.34. The van der Waals surface area contributed by atoms with Crippen molar-refractivity contribution >= 4 is 5.91 Å². The van der Waals surface area contributed by atoms with E-state index in [9.17, 15) is 4.79 Å². The van der Waals surface area contributed by atoms with Gasteiger partial charge in [0.2, 0.25) is 5.91 Å². The second kappa shape index (κ2) is 3.19. The van der Waals surface area contributed by atoms with Gasteiger partial charge in [-0.3, -0.25) is 9.80 Å². The summed E-state index contributed by atoms with van der Waals surface area (Å²) in [7, 11) is 1.53. The van der Waals surface area contributed by atoms with Gasteiger partial charge in [-0.1, -0.05) is 0 Å². The summed E-state index contributed by atoms with van der Waals surface area (Å²) in [6, 6.07) is 0. The van der Waals surface area contributed by atoms with Crippen LogP contribution in [-0.2, 0) is 4.79 Å². The van der Waals surface area contributed by atoms with Crippen LogP contribution in [0.1, 0.15) is 19.3 Å². The zero-order valence-corrected chi connectivity index (χ0v) is 6.66. The zero-order valence-electron chi connectivity index (χ0n) is 6.66. The van der Waals surface area contributed by atoms with Crippen molar-refractivity contribution in [2.45, 2.75) is 25.4 Å². The molecule has 0 aromatic rings. The molecule has 2 unspecified atom stereocenters. The van der Waals surface area contributed by atoms with Crippen molar-refractivity contribution < 1.29 is 9.90 Å². The van der Waals surface area contributed by atoms with E-state index >= 15 is 0 Å². The predicted octanol–water partition coefficient (Wildman–Crippen LogP) is -0.521. The van der Waals surface area contributed by atoms with Crippen LogP contribution in [0, 0.1) is 5.92 Å². The van der Waals surface area contributed by atoms with Gasteiger partial charge in [0.1, 0.15) is 0 Å². The molecular weight excluding hydrogens is 144 g/mol. The first-order valence-electron chi connectivity index (χ1n) is 3.81. The van der Waals surface area contributed by atoms with Crippen molar-refractivity contribution in [3.8, 4) is 0 Å². The molecule has 0 aromatic carbocycles. The van der Waals surface area contributed by atoms with Gasteiger partial charge >= 0.3 is 0 Å². The molecule has 2 atom stereocenters. The van der Waals surface area contributed by atoms with Crippen LogP contribution in [0.4, 0.5) is 0 Å². The molecule has 1 fully saturated rings. The molecule has 3 N–H and O–H groups in total. The van der Waals surface area contributed by atoms with Crippen LogP contribution in [0.25, 0.3) is 0 Å². The van der Waals surface area contributed by atoms with Crippen LogP contribution in [0.15, 0.2) is 0 Å². The largest absolute Gasteiger partial charge is 0.393 e. The number of aliphatic hydroxyl groups excluding tert-OH is 1. The van der Waals surface area contributed by atoms with Gasteiger partial charge in [-0.05, 0) is 19.3 Å². The number of hydrogen-bond acceptors (Lipinski definition) is 3. The van der Waals surface area contributed by atoms with Crippen LogP contribution in [0.2, 0.25) is 0 Å². The van der Waals surface area contributed by atoms with E-state index in [2.05, 4.69) is 0 Å². The highest BCUT2D eigenvalue weighted by Gasteiger charge is 2.29. The summed E-state index contributed by atoms with van der Waals surface area (Å²) in [5, 5.41) is 10.2. The maximum Gasteiger partial charge on any atom is 0.239 e. The minimum Gasteiger partial charge on any atom is -0.393 e. The molecule has 11 heavy (non-hydrogen) atoms. The van der Waals surface area contributed by atoms with Crippen LogP contribution in [0.5, 0.6) is 0 Å². The first kappa shape index (κ1) is 8.49. The Morgan fingerprint density at radius 3 is 2.64 bits per heavy atom. The Morgan fingerprint density at radius 2 is 2.27 bits per heavy atom. The fourth-order valence-electron chi connectivity index (χ4n) is 1.47. The normalized spacial score (nSPS) is 30.5. The van der Waals surface area contributed by atoms with Gasteiger partial charge < -0.3 is 5.11 Å². The van der Waals surface area contributed by atoms with Crippen molar-refractivity contribution in [1.29, 1.82) is 0 Å². The number of aliphatic hydroxyl groups is 1. The molecule has 1 amide bonds. The first-order chi connectivity index (χ1) is 5.11. The van der Waals surface area contributed by atoms with Crippen molar-refractivity contribution in [2.24, 2.45) is 11.8 Å². The van der Waals surface area contributed by atoms with Gasteiger partial charge in [-0.25, -0.2) is 5.84 Å². The topological polar surface area (TPSA) is 66.6 Å². The van der Waals surface area contributed by atoms with Crippen LogP contribution in [-0.4, -0.2) is 29.2 Å². The predicted molar refractivity (Wildman–Crippen MR) is 40.3 cm³/mol. The Kier molecular flexibility index (Phi) is 2.46. The summed E-state index contributed by atoms with van der Waals surface area (Å²) in [5.74, 6) is 5.14. The lowest BCUT2D eigenvalue weighted by Crippen LogP contribution is -2.37. The van der Waals surface area contributed by atoms with Gasteiger partial charge in [-0.15, -0.1) is 0 Å².